The van der Waals surface area contributed by atoms with Crippen LogP contribution in [0.5, 0.6) is 0 Å². The van der Waals surface area contributed by atoms with Gasteiger partial charge in [0.05, 0.1) is 0 Å². The van der Waals surface area contributed by atoms with Crippen molar-refractivity contribution in [2.75, 3.05) is 11.9 Å². The largest absolute Gasteiger partial charge is 0.352 e. The van der Waals surface area contributed by atoms with Gasteiger partial charge in [0.2, 0.25) is 5.91 Å². The molecule has 1 aliphatic heterocycles. The maximum Gasteiger partial charge on any atom is 0.345 e. The molecule has 0 spiro atoms. The molecule has 28 heavy (non-hydrogen) atoms. The second-order valence-electron chi connectivity index (χ2n) is 7.36. The molecular formula is C20H27N5O3. The molecule has 1 aliphatic rings. The first-order valence-corrected chi connectivity index (χ1v) is 9.81. The van der Waals surface area contributed by atoms with E-state index < -0.39 is 0 Å². The van der Waals surface area contributed by atoms with Crippen molar-refractivity contribution in [1.29, 1.82) is 0 Å². The van der Waals surface area contributed by atoms with E-state index in [1.54, 1.807) is 28.8 Å². The van der Waals surface area contributed by atoms with Crippen LogP contribution < -0.4 is 16.3 Å². The molecule has 1 aromatic heterocycles. The van der Waals surface area contributed by atoms with Crippen LogP contribution in [0.1, 0.15) is 49.3 Å². The summed E-state index contributed by atoms with van der Waals surface area (Å²) in [4.78, 5) is 36.2. The molecule has 150 valence electrons. The zero-order valence-electron chi connectivity index (χ0n) is 16.4. The molecule has 0 saturated heterocycles. The van der Waals surface area contributed by atoms with Gasteiger partial charge in [0.1, 0.15) is 5.82 Å². The normalized spacial score (nSPS) is 13.2. The molecule has 2 aromatic rings. The number of anilines is 1. The van der Waals surface area contributed by atoms with Gasteiger partial charge in [-0.05, 0) is 43.5 Å². The summed E-state index contributed by atoms with van der Waals surface area (Å²) >= 11 is 0. The van der Waals surface area contributed by atoms with Crippen LogP contribution in [0, 0.1) is 5.92 Å². The quantitative estimate of drug-likeness (QED) is 0.710. The van der Waals surface area contributed by atoms with Gasteiger partial charge in [0.15, 0.2) is 0 Å². The zero-order chi connectivity index (χ0) is 20.1. The number of carbonyl (C=O) groups is 2. The molecular weight excluding hydrogens is 358 g/mol. The summed E-state index contributed by atoms with van der Waals surface area (Å²) in [6.45, 7) is 5.34. The molecule has 0 unspecified atom stereocenters. The lowest BCUT2D eigenvalue weighted by Gasteiger charge is -2.09. The number of hydrogen-bond donors (Lipinski definition) is 2. The van der Waals surface area contributed by atoms with E-state index in [4.69, 9.17) is 0 Å². The fourth-order valence-corrected chi connectivity index (χ4v) is 3.12. The molecule has 0 aliphatic carbocycles. The van der Waals surface area contributed by atoms with Gasteiger partial charge in [0, 0.05) is 43.2 Å². The van der Waals surface area contributed by atoms with Gasteiger partial charge in [-0.15, -0.1) is 0 Å². The number of nitrogens with one attached hydrogen (secondary N) is 2. The maximum absolute atomic E-state index is 12.3. The van der Waals surface area contributed by atoms with Gasteiger partial charge < -0.3 is 10.6 Å². The molecule has 1 aromatic carbocycles. The van der Waals surface area contributed by atoms with Crippen molar-refractivity contribution in [1.82, 2.24) is 19.7 Å². The Balaban J connectivity index is 1.46. The second-order valence-corrected chi connectivity index (χ2v) is 7.36. The summed E-state index contributed by atoms with van der Waals surface area (Å²) in [5.74, 6) is 0.521. The Morgan fingerprint density at radius 2 is 1.93 bits per heavy atom. The Morgan fingerprint density at radius 3 is 2.61 bits per heavy atom. The van der Waals surface area contributed by atoms with Crippen molar-refractivity contribution in [2.24, 2.45) is 5.92 Å². The first kappa shape index (κ1) is 19.9. The fraction of sp³-hybridized carbons (Fsp3) is 0.500. The number of aromatic nitrogens is 3. The Kier molecular flexibility index (Phi) is 6.28. The standard InChI is InChI=1S/C20H27N5O3/c1-14(2)18(26)22-16-9-7-15(8-10-16)19(27)21-11-5-13-25-20(28)24-12-4-3-6-17(24)23-25/h7-10,14H,3-6,11-13H2,1-2H3,(H,21,27)(H,22,26). The van der Waals surface area contributed by atoms with E-state index in [0.29, 0.717) is 30.8 Å². The molecule has 0 saturated carbocycles. The van der Waals surface area contributed by atoms with Crippen molar-refractivity contribution in [3.8, 4) is 0 Å². The Bertz CT molecular complexity index is 896. The van der Waals surface area contributed by atoms with E-state index in [1.807, 2.05) is 13.8 Å². The third kappa shape index (κ3) is 4.68. The topological polar surface area (TPSA) is 98.0 Å². The number of amides is 2. The number of nitrogens with zero attached hydrogens (tertiary/aromatic N) is 3. The number of aryl methyl sites for hydroxylation is 2. The van der Waals surface area contributed by atoms with Crippen LogP contribution >= 0.6 is 0 Å². The average molecular weight is 385 g/mol. The van der Waals surface area contributed by atoms with Crippen LogP contribution in [0.3, 0.4) is 0 Å². The Hall–Kier alpha value is -2.90. The molecule has 0 atom stereocenters. The van der Waals surface area contributed by atoms with E-state index in [1.165, 1.54) is 4.68 Å². The number of carbonyl (C=O) groups excluding carboxylic acids is 2. The number of benzene rings is 1. The van der Waals surface area contributed by atoms with Gasteiger partial charge in [-0.25, -0.2) is 9.48 Å². The summed E-state index contributed by atoms with van der Waals surface area (Å²) in [6.07, 6.45) is 3.58. The second kappa shape index (κ2) is 8.86. The highest BCUT2D eigenvalue weighted by atomic mass is 16.2. The minimum Gasteiger partial charge on any atom is -0.352 e. The van der Waals surface area contributed by atoms with Crippen molar-refractivity contribution >= 4 is 17.5 Å². The van der Waals surface area contributed by atoms with Gasteiger partial charge in [0.25, 0.3) is 5.91 Å². The molecule has 0 fully saturated rings. The Labute approximate surface area is 163 Å². The van der Waals surface area contributed by atoms with Gasteiger partial charge in [-0.1, -0.05) is 13.8 Å². The van der Waals surface area contributed by atoms with Gasteiger partial charge >= 0.3 is 5.69 Å². The lowest BCUT2D eigenvalue weighted by molar-refractivity contribution is -0.118. The SMILES string of the molecule is CC(C)C(=O)Nc1ccc(C(=O)NCCCn2nc3n(c2=O)CCCC3)cc1. The molecule has 2 amide bonds. The van der Waals surface area contributed by atoms with Crippen LogP contribution in [0.15, 0.2) is 29.1 Å². The zero-order valence-corrected chi connectivity index (χ0v) is 16.4. The number of hydrogen-bond acceptors (Lipinski definition) is 4. The maximum atomic E-state index is 12.3. The summed E-state index contributed by atoms with van der Waals surface area (Å²) in [6, 6.07) is 6.78. The average Bonchev–Trinajstić information content (AvgIpc) is 3.01. The summed E-state index contributed by atoms with van der Waals surface area (Å²) in [5, 5.41) is 10.0. The van der Waals surface area contributed by atoms with Gasteiger partial charge in [-0.2, -0.15) is 5.10 Å². The van der Waals surface area contributed by atoms with E-state index >= 15 is 0 Å². The monoisotopic (exact) mass is 385 g/mol. The summed E-state index contributed by atoms with van der Waals surface area (Å²) in [7, 11) is 0. The van der Waals surface area contributed by atoms with Crippen molar-refractivity contribution in [3.05, 3.63) is 46.1 Å². The summed E-state index contributed by atoms with van der Waals surface area (Å²) < 4.78 is 3.25. The first-order valence-electron chi connectivity index (χ1n) is 9.81. The van der Waals surface area contributed by atoms with E-state index in [0.717, 1.165) is 31.6 Å². The molecule has 2 N–H and O–H groups in total. The smallest absolute Gasteiger partial charge is 0.345 e. The molecule has 3 rings (SSSR count). The van der Waals surface area contributed by atoms with E-state index in [9.17, 15) is 14.4 Å². The predicted molar refractivity (Wildman–Crippen MR) is 106 cm³/mol. The lowest BCUT2D eigenvalue weighted by atomic mass is 10.1. The van der Waals surface area contributed by atoms with Gasteiger partial charge in [-0.3, -0.25) is 14.2 Å². The van der Waals surface area contributed by atoms with Crippen LogP contribution in [0.4, 0.5) is 5.69 Å². The van der Waals surface area contributed by atoms with Crippen LogP contribution in [-0.4, -0.2) is 32.7 Å². The molecule has 0 radical (unpaired) electrons. The minimum atomic E-state index is -0.182. The molecule has 8 heteroatoms. The number of fused-ring (bicyclic) bond motifs is 1. The van der Waals surface area contributed by atoms with Crippen molar-refractivity contribution < 1.29 is 9.59 Å². The predicted octanol–water partition coefficient (Wildman–Crippen LogP) is 1.80. The molecule has 2 heterocycles. The number of rotatable bonds is 7. The highest BCUT2D eigenvalue weighted by Crippen LogP contribution is 2.11. The minimum absolute atomic E-state index is 0.0555. The molecule has 8 nitrogen and oxygen atoms in total. The highest BCUT2D eigenvalue weighted by Gasteiger charge is 2.16. The lowest BCUT2D eigenvalue weighted by Crippen LogP contribution is -2.29. The third-order valence-electron chi connectivity index (χ3n) is 4.80. The van der Waals surface area contributed by atoms with Crippen LogP contribution in [-0.2, 0) is 24.3 Å². The van der Waals surface area contributed by atoms with E-state index in [-0.39, 0.29) is 23.4 Å². The fourth-order valence-electron chi connectivity index (χ4n) is 3.12. The third-order valence-corrected chi connectivity index (χ3v) is 4.80. The summed E-state index contributed by atoms with van der Waals surface area (Å²) in [5.41, 5.74) is 1.13. The molecule has 0 bridgehead atoms. The Morgan fingerprint density at radius 1 is 1.18 bits per heavy atom. The van der Waals surface area contributed by atoms with E-state index in [2.05, 4.69) is 15.7 Å². The van der Waals surface area contributed by atoms with Crippen LogP contribution in [0.2, 0.25) is 0 Å². The van der Waals surface area contributed by atoms with Crippen molar-refractivity contribution in [3.63, 3.8) is 0 Å². The van der Waals surface area contributed by atoms with Crippen molar-refractivity contribution in [2.45, 2.75) is 52.6 Å². The first-order chi connectivity index (χ1) is 13.5. The van der Waals surface area contributed by atoms with Crippen LogP contribution in [0.25, 0.3) is 0 Å². The highest BCUT2D eigenvalue weighted by molar-refractivity contribution is 5.96.